The summed E-state index contributed by atoms with van der Waals surface area (Å²) in [4.78, 5) is 0. The lowest BCUT2D eigenvalue weighted by molar-refractivity contribution is 0.123. The molecule has 1 aliphatic rings. The molecule has 8 heavy (non-hydrogen) atoms. The van der Waals surface area contributed by atoms with Crippen molar-refractivity contribution in [1.29, 1.82) is 0 Å². The molecule has 0 fully saturated rings. The van der Waals surface area contributed by atoms with Crippen molar-refractivity contribution < 1.29 is 8.78 Å². The van der Waals surface area contributed by atoms with Crippen molar-refractivity contribution in [3.8, 4) is 0 Å². The molecule has 0 spiro atoms. The van der Waals surface area contributed by atoms with E-state index in [0.717, 1.165) is 0 Å². The van der Waals surface area contributed by atoms with Crippen LogP contribution in [0.2, 0.25) is 0 Å². The number of alkyl halides is 2. The molecule has 3 radical (unpaired) electrons. The fourth-order valence-corrected chi connectivity index (χ4v) is 0.355. The molecule has 1 rings (SSSR count). The van der Waals surface area contributed by atoms with Gasteiger partial charge in [-0.15, -0.1) is 0 Å². The second-order valence-corrected chi connectivity index (χ2v) is 1.31. The molecule has 2 nitrogen and oxygen atoms in total. The van der Waals surface area contributed by atoms with E-state index in [-0.39, 0.29) is 0 Å². The standard InChI is InChI=1S/C4H3F2N2/c5-4(6)3-1-7-8-2-3/h3-4,7H. The van der Waals surface area contributed by atoms with E-state index in [0.29, 0.717) is 0 Å². The van der Waals surface area contributed by atoms with Gasteiger partial charge >= 0.3 is 0 Å². The van der Waals surface area contributed by atoms with Gasteiger partial charge in [-0.05, 0) is 0 Å². The second-order valence-electron chi connectivity index (χ2n) is 1.31. The Morgan fingerprint density at radius 1 is 1.62 bits per heavy atom. The molecule has 43 valence electrons. The minimum Gasteiger partial charge on any atom is -0.298 e. The van der Waals surface area contributed by atoms with E-state index in [1.165, 1.54) is 0 Å². The number of hydrazone groups is 1. The second kappa shape index (κ2) is 2.07. The van der Waals surface area contributed by atoms with Crippen molar-refractivity contribution in [3.05, 3.63) is 6.54 Å². The molecule has 1 N–H and O–H groups in total. The first-order valence-corrected chi connectivity index (χ1v) is 2.04. The molecule has 0 aromatic rings. The quantitative estimate of drug-likeness (QED) is 0.527. The summed E-state index contributed by atoms with van der Waals surface area (Å²) in [7, 11) is 0. The third-order valence-corrected chi connectivity index (χ3v) is 0.732. The smallest absolute Gasteiger partial charge is 0.249 e. The topological polar surface area (TPSA) is 24.4 Å². The minimum atomic E-state index is -2.44. The third-order valence-electron chi connectivity index (χ3n) is 0.732. The normalized spacial score (nSPS) is 26.6. The van der Waals surface area contributed by atoms with Crippen LogP contribution >= 0.6 is 0 Å². The molecule has 1 atom stereocenters. The maximum absolute atomic E-state index is 11.5. The molecule has 0 saturated heterocycles. The maximum Gasteiger partial charge on any atom is 0.249 e. The van der Waals surface area contributed by atoms with Crippen LogP contribution in [0.1, 0.15) is 0 Å². The maximum atomic E-state index is 11.5. The first-order valence-electron chi connectivity index (χ1n) is 2.04. The molecule has 0 aromatic heterocycles. The van der Waals surface area contributed by atoms with Gasteiger partial charge in [-0.25, -0.2) is 8.78 Å². The zero-order chi connectivity index (χ0) is 5.98. The summed E-state index contributed by atoms with van der Waals surface area (Å²) in [5.41, 5.74) is 2.14. The van der Waals surface area contributed by atoms with Crippen LogP contribution in [0.25, 0.3) is 0 Å². The number of nitrogens with zero attached hydrogens (tertiary/aromatic N) is 1. The predicted molar refractivity (Wildman–Crippen MR) is 23.3 cm³/mol. The Morgan fingerprint density at radius 2 is 2.38 bits per heavy atom. The Bertz CT molecular complexity index is 102. The number of nitrogens with one attached hydrogen (secondary N) is 1. The molecule has 1 heterocycles. The van der Waals surface area contributed by atoms with Crippen molar-refractivity contribution >= 4 is 6.21 Å². The first-order chi connectivity index (χ1) is 3.80. The van der Waals surface area contributed by atoms with Crippen LogP contribution in [0, 0.1) is 12.5 Å². The van der Waals surface area contributed by atoms with Gasteiger partial charge in [0.2, 0.25) is 6.43 Å². The summed E-state index contributed by atoms with van der Waals surface area (Å²) in [6, 6.07) is 0. The van der Waals surface area contributed by atoms with E-state index >= 15 is 0 Å². The van der Waals surface area contributed by atoms with E-state index in [1.54, 1.807) is 0 Å². The van der Waals surface area contributed by atoms with E-state index in [1.807, 2.05) is 0 Å². The summed E-state index contributed by atoms with van der Waals surface area (Å²) >= 11 is 0. The van der Waals surface area contributed by atoms with E-state index in [9.17, 15) is 8.78 Å². The van der Waals surface area contributed by atoms with Gasteiger partial charge in [0.15, 0.2) is 0 Å². The molecule has 4 heteroatoms. The van der Waals surface area contributed by atoms with Crippen LogP contribution in [0.4, 0.5) is 8.78 Å². The molecule has 1 unspecified atom stereocenters. The molecule has 1 aliphatic heterocycles. The summed E-state index contributed by atoms with van der Waals surface area (Å²) in [5.74, 6) is -1.05. The highest BCUT2D eigenvalue weighted by atomic mass is 19.3. The number of hydrogen-bond donors (Lipinski definition) is 1. The number of halogens is 2. The average molecular weight is 117 g/mol. The highest BCUT2D eigenvalue weighted by Crippen LogP contribution is 2.11. The Morgan fingerprint density at radius 3 is 2.62 bits per heavy atom. The van der Waals surface area contributed by atoms with Crippen molar-refractivity contribution in [3.63, 3.8) is 0 Å². The van der Waals surface area contributed by atoms with Gasteiger partial charge in [0.05, 0.1) is 12.1 Å². The summed E-state index contributed by atoms with van der Waals surface area (Å²) in [5, 5.41) is 3.19. The van der Waals surface area contributed by atoms with Crippen LogP contribution in [-0.4, -0.2) is 12.6 Å². The lowest BCUT2D eigenvalue weighted by atomic mass is 10.2. The average Bonchev–Trinajstić information content (AvgIpc) is 2.12. The van der Waals surface area contributed by atoms with Crippen LogP contribution < -0.4 is 5.43 Å². The Balaban J connectivity index is 2.36. The summed E-state index contributed by atoms with van der Waals surface area (Å²) < 4.78 is 23.0. The van der Waals surface area contributed by atoms with Crippen LogP contribution in [-0.2, 0) is 0 Å². The summed E-state index contributed by atoms with van der Waals surface area (Å²) in [6.45, 7) is 2.18. The van der Waals surface area contributed by atoms with Gasteiger partial charge < -0.3 is 0 Å². The van der Waals surface area contributed by atoms with Gasteiger partial charge in [0.25, 0.3) is 0 Å². The molecular formula is C4H3F2N2. The lowest BCUT2D eigenvalue weighted by Gasteiger charge is -1.97. The van der Waals surface area contributed by atoms with E-state index in [2.05, 4.69) is 23.3 Å². The summed E-state index contributed by atoms with van der Waals surface area (Å²) in [6.07, 6.45) is -0.328. The highest BCUT2D eigenvalue weighted by Gasteiger charge is 2.22. The Labute approximate surface area is 45.6 Å². The van der Waals surface area contributed by atoms with E-state index < -0.39 is 12.3 Å². The Kier molecular flexibility index (Phi) is 1.41. The molecular weight excluding hydrogens is 114 g/mol. The van der Waals surface area contributed by atoms with Gasteiger partial charge in [-0.2, -0.15) is 5.10 Å². The number of hydrogen-bond acceptors (Lipinski definition) is 2. The van der Waals surface area contributed by atoms with Crippen molar-refractivity contribution in [2.24, 2.45) is 11.0 Å². The first kappa shape index (κ1) is 5.47. The number of rotatable bonds is 1. The minimum absolute atomic E-state index is 1.05. The fourth-order valence-electron chi connectivity index (χ4n) is 0.355. The highest BCUT2D eigenvalue weighted by molar-refractivity contribution is 5.64. The Hall–Kier alpha value is -0.670. The molecule has 0 saturated carbocycles. The molecule has 0 aromatic carbocycles. The zero-order valence-electron chi connectivity index (χ0n) is 3.86. The van der Waals surface area contributed by atoms with Gasteiger partial charge in [-0.3, -0.25) is 5.43 Å². The molecule has 0 aliphatic carbocycles. The van der Waals surface area contributed by atoms with Crippen LogP contribution in [0.15, 0.2) is 5.10 Å². The van der Waals surface area contributed by atoms with E-state index in [4.69, 9.17) is 0 Å². The SMILES string of the molecule is FC(F)C1[C]NN=[C]1. The zero-order valence-corrected chi connectivity index (χ0v) is 3.86. The van der Waals surface area contributed by atoms with Gasteiger partial charge in [-0.1, -0.05) is 0 Å². The van der Waals surface area contributed by atoms with Crippen molar-refractivity contribution in [1.82, 2.24) is 5.43 Å². The van der Waals surface area contributed by atoms with Crippen molar-refractivity contribution in [2.45, 2.75) is 6.43 Å². The van der Waals surface area contributed by atoms with Gasteiger partial charge in [0.1, 0.15) is 6.54 Å². The predicted octanol–water partition coefficient (Wildman–Crippen LogP) is 0.372. The van der Waals surface area contributed by atoms with Crippen LogP contribution in [0.5, 0.6) is 0 Å². The third kappa shape index (κ3) is 0.936. The monoisotopic (exact) mass is 117 g/mol. The fraction of sp³-hybridized carbons (Fsp3) is 0.500. The largest absolute Gasteiger partial charge is 0.298 e. The van der Waals surface area contributed by atoms with Crippen molar-refractivity contribution in [2.75, 3.05) is 0 Å². The van der Waals surface area contributed by atoms with Gasteiger partial charge in [0, 0.05) is 0 Å². The lowest BCUT2D eigenvalue weighted by Crippen LogP contribution is -2.12. The van der Waals surface area contributed by atoms with Crippen LogP contribution in [0.3, 0.4) is 0 Å². The molecule has 0 amide bonds. The molecule has 0 bridgehead atoms.